The number of hydrogen-bond acceptors (Lipinski definition) is 8. The van der Waals surface area contributed by atoms with E-state index in [9.17, 15) is 14.0 Å². The van der Waals surface area contributed by atoms with Crippen molar-refractivity contribution in [3.05, 3.63) is 89.5 Å². The molecule has 198 valence electrons. The number of pyridine rings is 1. The number of carbonyl (C=O) groups is 2. The Kier molecular flexibility index (Phi) is 6.86. The van der Waals surface area contributed by atoms with Gasteiger partial charge in [0, 0.05) is 43.3 Å². The van der Waals surface area contributed by atoms with E-state index in [0.717, 1.165) is 12.1 Å². The van der Waals surface area contributed by atoms with E-state index in [1.807, 2.05) is 25.1 Å². The van der Waals surface area contributed by atoms with Gasteiger partial charge < -0.3 is 20.0 Å². The van der Waals surface area contributed by atoms with Gasteiger partial charge in [-0.15, -0.1) is 0 Å². The first-order valence-electron chi connectivity index (χ1n) is 12.0. The molecule has 5 rings (SSSR count). The van der Waals surface area contributed by atoms with Gasteiger partial charge in [-0.05, 0) is 50.8 Å². The summed E-state index contributed by atoms with van der Waals surface area (Å²) in [4.78, 5) is 44.3. The Labute approximate surface area is 222 Å². The van der Waals surface area contributed by atoms with E-state index in [2.05, 4.69) is 30.6 Å². The second kappa shape index (κ2) is 10.4. The van der Waals surface area contributed by atoms with E-state index in [4.69, 9.17) is 4.42 Å². The maximum absolute atomic E-state index is 14.8. The van der Waals surface area contributed by atoms with Gasteiger partial charge in [0.15, 0.2) is 5.89 Å². The van der Waals surface area contributed by atoms with E-state index >= 15 is 0 Å². The maximum Gasteiger partial charge on any atom is 0.293 e. The van der Waals surface area contributed by atoms with Gasteiger partial charge in [0.1, 0.15) is 11.5 Å². The van der Waals surface area contributed by atoms with Crippen molar-refractivity contribution in [3.8, 4) is 11.3 Å². The van der Waals surface area contributed by atoms with Crippen LogP contribution < -0.4 is 10.6 Å². The predicted octanol–water partition coefficient (Wildman–Crippen LogP) is 4.10. The van der Waals surface area contributed by atoms with Crippen molar-refractivity contribution in [1.82, 2.24) is 29.2 Å². The van der Waals surface area contributed by atoms with E-state index in [1.165, 1.54) is 24.4 Å². The van der Waals surface area contributed by atoms with Crippen LogP contribution in [0.2, 0.25) is 0 Å². The van der Waals surface area contributed by atoms with Crippen molar-refractivity contribution in [1.29, 1.82) is 0 Å². The Morgan fingerprint density at radius 1 is 0.974 bits per heavy atom. The Bertz CT molecular complexity index is 1690. The number of benzene rings is 1. The topological polar surface area (TPSA) is 131 Å². The van der Waals surface area contributed by atoms with Gasteiger partial charge in [-0.1, -0.05) is 6.07 Å². The van der Waals surface area contributed by atoms with Gasteiger partial charge in [-0.2, -0.15) is 0 Å². The average Bonchev–Trinajstić information content (AvgIpc) is 3.47. The fourth-order valence-electron chi connectivity index (χ4n) is 4.02. The highest BCUT2D eigenvalue weighted by Crippen LogP contribution is 2.26. The van der Waals surface area contributed by atoms with Gasteiger partial charge in [0.25, 0.3) is 11.8 Å². The van der Waals surface area contributed by atoms with Crippen molar-refractivity contribution < 1.29 is 18.4 Å². The molecule has 0 saturated heterocycles. The number of carbonyl (C=O) groups excluding carboxylic acids is 2. The largest absolute Gasteiger partial charge is 0.436 e. The summed E-state index contributed by atoms with van der Waals surface area (Å²) in [7, 11) is 3.91. The molecule has 2 N–H and O–H groups in total. The molecule has 4 aromatic heterocycles. The van der Waals surface area contributed by atoms with Crippen LogP contribution in [-0.2, 0) is 6.54 Å². The third-order valence-corrected chi connectivity index (χ3v) is 5.73. The zero-order valence-electron chi connectivity index (χ0n) is 21.7. The third kappa shape index (κ3) is 5.65. The minimum Gasteiger partial charge on any atom is -0.436 e. The number of anilines is 2. The molecule has 0 atom stereocenters. The van der Waals surface area contributed by atoms with E-state index in [1.54, 1.807) is 42.9 Å². The zero-order chi connectivity index (χ0) is 27.7. The number of aryl methyl sites for hydroxylation is 2. The quantitative estimate of drug-likeness (QED) is 0.323. The number of aromatic nitrogens is 5. The van der Waals surface area contributed by atoms with Crippen LogP contribution in [0.1, 0.15) is 38.2 Å². The van der Waals surface area contributed by atoms with Crippen molar-refractivity contribution in [3.63, 3.8) is 0 Å². The van der Waals surface area contributed by atoms with Gasteiger partial charge in [0.2, 0.25) is 11.5 Å². The lowest BCUT2D eigenvalue weighted by Crippen LogP contribution is -2.15. The zero-order valence-corrected chi connectivity index (χ0v) is 21.7. The highest BCUT2D eigenvalue weighted by atomic mass is 19.1. The normalized spacial score (nSPS) is 11.2. The Balaban J connectivity index is 1.34. The average molecular weight is 529 g/mol. The lowest BCUT2D eigenvalue weighted by atomic mass is 10.1. The number of fused-ring (bicyclic) bond motifs is 1. The molecule has 0 aliphatic rings. The molecular weight excluding hydrogens is 503 g/mol. The monoisotopic (exact) mass is 528 g/mol. The molecule has 0 spiro atoms. The Morgan fingerprint density at radius 2 is 1.77 bits per heavy atom. The molecule has 0 radical (unpaired) electrons. The molecule has 39 heavy (non-hydrogen) atoms. The van der Waals surface area contributed by atoms with E-state index in [-0.39, 0.29) is 22.9 Å². The highest BCUT2D eigenvalue weighted by Gasteiger charge is 2.18. The lowest BCUT2D eigenvalue weighted by molar-refractivity contribution is 0.0992. The predicted molar refractivity (Wildman–Crippen MR) is 142 cm³/mol. The molecule has 0 aliphatic heterocycles. The fraction of sp³-hybridized carbons (Fsp3) is 0.185. The number of amides is 2. The molecule has 4 heterocycles. The van der Waals surface area contributed by atoms with Gasteiger partial charge in [0.05, 0.1) is 23.3 Å². The van der Waals surface area contributed by atoms with Crippen LogP contribution in [0.25, 0.3) is 17.0 Å². The second-order valence-corrected chi connectivity index (χ2v) is 9.22. The smallest absolute Gasteiger partial charge is 0.293 e. The minimum atomic E-state index is -0.527. The summed E-state index contributed by atoms with van der Waals surface area (Å²) in [6.07, 6.45) is 6.33. The van der Waals surface area contributed by atoms with E-state index in [0.29, 0.717) is 34.4 Å². The van der Waals surface area contributed by atoms with Crippen molar-refractivity contribution in [2.75, 3.05) is 24.7 Å². The number of nitrogens with zero attached hydrogens (tertiary/aromatic N) is 6. The summed E-state index contributed by atoms with van der Waals surface area (Å²) in [6, 6.07) is 7.67. The SMILES string of the molecule is Cc1nc(C)c(C(=O)Nc2ccc(F)c(-c3cn4cc(NC(=O)c5ccc(CN(C)C)cn5)cnc4n3)c2)o1. The van der Waals surface area contributed by atoms with Crippen LogP contribution >= 0.6 is 0 Å². The molecule has 5 aromatic rings. The van der Waals surface area contributed by atoms with Gasteiger partial charge in [-0.3, -0.25) is 19.0 Å². The number of nitrogens with one attached hydrogen (secondary N) is 2. The minimum absolute atomic E-state index is 0.0876. The third-order valence-electron chi connectivity index (χ3n) is 5.73. The summed E-state index contributed by atoms with van der Waals surface area (Å²) in [5.41, 5.74) is 2.94. The molecule has 0 saturated carbocycles. The van der Waals surface area contributed by atoms with Crippen molar-refractivity contribution >= 4 is 29.0 Å². The van der Waals surface area contributed by atoms with Gasteiger partial charge in [-0.25, -0.2) is 19.3 Å². The van der Waals surface area contributed by atoms with E-state index < -0.39 is 11.7 Å². The molecule has 1 aromatic carbocycles. The second-order valence-electron chi connectivity index (χ2n) is 9.22. The summed E-state index contributed by atoms with van der Waals surface area (Å²) in [6.45, 7) is 4.03. The molecule has 0 aliphatic carbocycles. The first kappa shape index (κ1) is 25.7. The van der Waals surface area contributed by atoms with Crippen LogP contribution in [-0.4, -0.2) is 55.1 Å². The molecule has 0 fully saturated rings. The summed E-state index contributed by atoms with van der Waals surface area (Å²) >= 11 is 0. The first-order valence-corrected chi connectivity index (χ1v) is 12.0. The van der Waals surface area contributed by atoms with Crippen LogP contribution in [0.3, 0.4) is 0 Å². The summed E-state index contributed by atoms with van der Waals surface area (Å²) in [5, 5.41) is 5.46. The molecule has 0 bridgehead atoms. The fourth-order valence-corrected chi connectivity index (χ4v) is 4.02. The van der Waals surface area contributed by atoms with Crippen LogP contribution in [0.4, 0.5) is 15.8 Å². The Morgan fingerprint density at radius 3 is 2.46 bits per heavy atom. The highest BCUT2D eigenvalue weighted by molar-refractivity contribution is 6.03. The lowest BCUT2D eigenvalue weighted by Gasteiger charge is -2.09. The number of hydrogen-bond donors (Lipinski definition) is 2. The summed E-state index contributed by atoms with van der Waals surface area (Å²) < 4.78 is 21.7. The number of halogens is 1. The number of rotatable bonds is 7. The molecule has 11 nitrogen and oxygen atoms in total. The first-order chi connectivity index (χ1) is 18.7. The number of imidazole rings is 1. The van der Waals surface area contributed by atoms with Crippen molar-refractivity contribution in [2.45, 2.75) is 20.4 Å². The van der Waals surface area contributed by atoms with Crippen molar-refractivity contribution in [2.24, 2.45) is 0 Å². The number of oxazole rings is 1. The van der Waals surface area contributed by atoms with Crippen LogP contribution in [0.5, 0.6) is 0 Å². The standard InChI is InChI=1S/C27H25FN8O3/c1-15-24(39-16(2)31-15)26(38)32-18-6-7-21(28)20(9-18)23-14-36-13-19(11-30-27(36)34-23)33-25(37)22-8-5-17(10-29-22)12-35(3)4/h5-11,13-14H,12H2,1-4H3,(H,32,38)(H,33,37). The molecule has 12 heteroatoms. The summed E-state index contributed by atoms with van der Waals surface area (Å²) in [5.74, 6) is -0.649. The van der Waals surface area contributed by atoms with Gasteiger partial charge >= 0.3 is 0 Å². The maximum atomic E-state index is 14.8. The van der Waals surface area contributed by atoms with Crippen LogP contribution in [0.15, 0.2) is 59.5 Å². The Hall–Kier alpha value is -4.97. The molecular formula is C27H25FN8O3. The molecule has 0 unspecified atom stereocenters. The van der Waals surface area contributed by atoms with Crippen LogP contribution in [0, 0.1) is 19.7 Å². The molecule has 2 amide bonds.